The van der Waals surface area contributed by atoms with Crippen molar-refractivity contribution in [2.45, 2.75) is 13.5 Å². The summed E-state index contributed by atoms with van der Waals surface area (Å²) in [6, 6.07) is 5.73. The smallest absolute Gasteiger partial charge is 0.328 e. The predicted molar refractivity (Wildman–Crippen MR) is 75.4 cm³/mol. The Labute approximate surface area is 120 Å². The molecule has 0 atom stereocenters. The number of hydrogen-bond acceptors (Lipinski definition) is 3. The third-order valence-electron chi connectivity index (χ3n) is 2.82. The van der Waals surface area contributed by atoms with E-state index in [0.717, 1.165) is 16.3 Å². The van der Waals surface area contributed by atoms with Crippen LogP contribution in [0, 0.1) is 12.7 Å². The highest BCUT2D eigenvalue weighted by atomic mass is 19.1. The van der Waals surface area contributed by atoms with E-state index < -0.39 is 11.8 Å². The summed E-state index contributed by atoms with van der Waals surface area (Å²) in [7, 11) is 0. The number of halogens is 1. The van der Waals surface area contributed by atoms with Gasteiger partial charge in [0.1, 0.15) is 5.82 Å². The van der Waals surface area contributed by atoms with Gasteiger partial charge in [-0.1, -0.05) is 12.1 Å². The van der Waals surface area contributed by atoms with Gasteiger partial charge in [0, 0.05) is 17.7 Å². The van der Waals surface area contributed by atoms with Crippen molar-refractivity contribution in [3.8, 4) is 0 Å². The summed E-state index contributed by atoms with van der Waals surface area (Å²) in [6.45, 7) is 1.77. The summed E-state index contributed by atoms with van der Waals surface area (Å²) >= 11 is 0. The summed E-state index contributed by atoms with van der Waals surface area (Å²) in [5.41, 5.74) is 1.18. The van der Waals surface area contributed by atoms with Crippen LogP contribution in [0.2, 0.25) is 0 Å². The van der Waals surface area contributed by atoms with Crippen molar-refractivity contribution in [3.63, 3.8) is 0 Å². The van der Waals surface area contributed by atoms with Crippen LogP contribution in [-0.4, -0.2) is 20.9 Å². The fourth-order valence-corrected chi connectivity index (χ4v) is 1.77. The van der Waals surface area contributed by atoms with Crippen molar-refractivity contribution >= 4 is 12.0 Å². The van der Waals surface area contributed by atoms with Crippen LogP contribution in [0.5, 0.6) is 0 Å². The molecule has 0 bridgehead atoms. The molecule has 6 heteroatoms. The number of carbonyl (C=O) groups is 1. The fraction of sp³-hybridized carbons (Fsp3) is 0.133. The van der Waals surface area contributed by atoms with E-state index in [9.17, 15) is 14.0 Å². The first-order valence-electron chi connectivity index (χ1n) is 6.19. The van der Waals surface area contributed by atoms with E-state index in [0.29, 0.717) is 11.1 Å². The normalized spacial score (nSPS) is 11.0. The van der Waals surface area contributed by atoms with Crippen LogP contribution < -0.4 is 5.56 Å². The molecule has 0 aliphatic rings. The number of rotatable bonds is 4. The number of aryl methyl sites for hydroxylation is 1. The molecule has 1 heterocycles. The molecule has 0 aliphatic heterocycles. The van der Waals surface area contributed by atoms with E-state index in [4.69, 9.17) is 5.11 Å². The van der Waals surface area contributed by atoms with Crippen molar-refractivity contribution < 1.29 is 14.3 Å². The fourth-order valence-electron chi connectivity index (χ4n) is 1.77. The van der Waals surface area contributed by atoms with Crippen LogP contribution in [0.15, 0.2) is 41.3 Å². The first-order valence-corrected chi connectivity index (χ1v) is 6.19. The number of hydrogen-bond donors (Lipinski definition) is 1. The van der Waals surface area contributed by atoms with E-state index in [1.165, 1.54) is 30.5 Å². The number of carboxylic acid groups (broad SMARTS) is 1. The summed E-state index contributed by atoms with van der Waals surface area (Å²) in [5, 5.41) is 12.5. The average Bonchev–Trinajstić information content (AvgIpc) is 2.42. The van der Waals surface area contributed by atoms with Gasteiger partial charge in [-0.3, -0.25) is 4.79 Å². The van der Waals surface area contributed by atoms with Gasteiger partial charge in [-0.25, -0.2) is 13.9 Å². The van der Waals surface area contributed by atoms with E-state index in [2.05, 4.69) is 5.10 Å². The lowest BCUT2D eigenvalue weighted by Gasteiger charge is -2.06. The van der Waals surface area contributed by atoms with E-state index >= 15 is 0 Å². The molecule has 1 aromatic heterocycles. The van der Waals surface area contributed by atoms with Crippen LogP contribution in [0.1, 0.15) is 16.7 Å². The van der Waals surface area contributed by atoms with Crippen LogP contribution in [0.4, 0.5) is 4.39 Å². The van der Waals surface area contributed by atoms with Crippen molar-refractivity contribution in [2.75, 3.05) is 0 Å². The zero-order valence-electron chi connectivity index (χ0n) is 11.3. The first-order chi connectivity index (χ1) is 9.95. The molecule has 0 fully saturated rings. The topological polar surface area (TPSA) is 72.2 Å². The Morgan fingerprint density at radius 2 is 2.19 bits per heavy atom. The zero-order valence-corrected chi connectivity index (χ0v) is 11.3. The van der Waals surface area contributed by atoms with Gasteiger partial charge < -0.3 is 5.11 Å². The standard InChI is InChI=1S/C15H13FN2O3/c1-10-6-14(19)18(17-8-10)9-12-4-2-11(7-13(12)16)3-5-15(20)21/h2-8H,9H2,1H3,(H,20,21)/b5-3+. The Balaban J connectivity index is 2.25. The second-order valence-corrected chi connectivity index (χ2v) is 4.55. The van der Waals surface area contributed by atoms with Crippen LogP contribution in [0.25, 0.3) is 6.08 Å². The third kappa shape index (κ3) is 3.85. The molecule has 0 spiro atoms. The van der Waals surface area contributed by atoms with Gasteiger partial charge in [0.15, 0.2) is 0 Å². The SMILES string of the molecule is Cc1cnn(Cc2ccc(/C=C/C(=O)O)cc2F)c(=O)c1. The van der Waals surface area contributed by atoms with Crippen molar-refractivity contribution in [2.24, 2.45) is 0 Å². The van der Waals surface area contributed by atoms with Crippen molar-refractivity contribution in [1.29, 1.82) is 0 Å². The molecular formula is C15H13FN2O3. The Bertz CT molecular complexity index is 766. The Kier molecular flexibility index (Phi) is 4.27. The molecule has 0 saturated carbocycles. The number of aromatic nitrogens is 2. The highest BCUT2D eigenvalue weighted by Gasteiger charge is 2.06. The van der Waals surface area contributed by atoms with Crippen LogP contribution >= 0.6 is 0 Å². The number of benzene rings is 1. The monoisotopic (exact) mass is 288 g/mol. The summed E-state index contributed by atoms with van der Waals surface area (Å²) in [6.07, 6.45) is 3.76. The van der Waals surface area contributed by atoms with Gasteiger partial charge in [-0.15, -0.1) is 0 Å². The molecule has 2 rings (SSSR count). The lowest BCUT2D eigenvalue weighted by molar-refractivity contribution is -0.131. The lowest BCUT2D eigenvalue weighted by atomic mass is 10.1. The van der Waals surface area contributed by atoms with E-state index in [-0.39, 0.29) is 12.1 Å². The molecule has 0 radical (unpaired) electrons. The molecule has 2 aromatic rings. The molecule has 0 unspecified atom stereocenters. The van der Waals surface area contributed by atoms with Gasteiger partial charge in [-0.2, -0.15) is 5.10 Å². The van der Waals surface area contributed by atoms with Gasteiger partial charge in [-0.05, 0) is 30.2 Å². The van der Waals surface area contributed by atoms with Crippen molar-refractivity contribution in [1.82, 2.24) is 9.78 Å². The maximum Gasteiger partial charge on any atom is 0.328 e. The minimum absolute atomic E-state index is 0.0217. The molecular weight excluding hydrogens is 275 g/mol. The molecule has 0 saturated heterocycles. The van der Waals surface area contributed by atoms with Gasteiger partial charge in [0.2, 0.25) is 0 Å². The molecule has 0 amide bonds. The maximum atomic E-state index is 13.9. The highest BCUT2D eigenvalue weighted by Crippen LogP contribution is 2.12. The Hall–Kier alpha value is -2.76. The molecule has 21 heavy (non-hydrogen) atoms. The minimum atomic E-state index is -1.10. The summed E-state index contributed by atoms with van der Waals surface area (Å²) in [4.78, 5) is 22.1. The second kappa shape index (κ2) is 6.13. The van der Waals surface area contributed by atoms with E-state index in [1.54, 1.807) is 13.0 Å². The first kappa shape index (κ1) is 14.6. The molecule has 108 valence electrons. The number of nitrogens with zero attached hydrogens (tertiary/aromatic N) is 2. The summed E-state index contributed by atoms with van der Waals surface area (Å²) in [5.74, 6) is -1.62. The third-order valence-corrected chi connectivity index (χ3v) is 2.82. The van der Waals surface area contributed by atoms with Crippen molar-refractivity contribution in [3.05, 3.63) is 69.4 Å². The largest absolute Gasteiger partial charge is 0.478 e. The predicted octanol–water partition coefficient (Wildman–Crippen LogP) is 1.84. The molecule has 1 N–H and O–H groups in total. The molecule has 0 aliphatic carbocycles. The summed E-state index contributed by atoms with van der Waals surface area (Å²) < 4.78 is 15.1. The van der Waals surface area contributed by atoms with Crippen LogP contribution in [0.3, 0.4) is 0 Å². The number of aliphatic carboxylic acids is 1. The number of carboxylic acids is 1. The minimum Gasteiger partial charge on any atom is -0.478 e. The second-order valence-electron chi connectivity index (χ2n) is 4.55. The van der Waals surface area contributed by atoms with Crippen LogP contribution in [-0.2, 0) is 11.3 Å². The maximum absolute atomic E-state index is 13.9. The highest BCUT2D eigenvalue weighted by molar-refractivity contribution is 5.85. The van der Waals surface area contributed by atoms with E-state index in [1.807, 2.05) is 0 Å². The van der Waals surface area contributed by atoms with Gasteiger partial charge in [0.25, 0.3) is 5.56 Å². The van der Waals surface area contributed by atoms with Gasteiger partial charge in [0.05, 0.1) is 12.7 Å². The van der Waals surface area contributed by atoms with Gasteiger partial charge >= 0.3 is 5.97 Å². The molecule has 1 aromatic carbocycles. The Morgan fingerprint density at radius 3 is 2.81 bits per heavy atom. The molecule has 5 nitrogen and oxygen atoms in total. The average molecular weight is 288 g/mol. The zero-order chi connectivity index (χ0) is 15.4. The lowest BCUT2D eigenvalue weighted by Crippen LogP contribution is -2.23. The quantitative estimate of drug-likeness (QED) is 0.871. The Morgan fingerprint density at radius 1 is 1.43 bits per heavy atom.